The molecule has 6 heteroatoms. The van der Waals surface area contributed by atoms with Crippen LogP contribution in [0, 0.1) is 23.7 Å². The molecule has 2 aromatic carbocycles. The van der Waals surface area contributed by atoms with Gasteiger partial charge < -0.3 is 10.6 Å². The lowest BCUT2D eigenvalue weighted by atomic mass is 9.63. The summed E-state index contributed by atoms with van der Waals surface area (Å²) >= 11 is 0. The van der Waals surface area contributed by atoms with Crippen molar-refractivity contribution in [3.05, 3.63) is 83.9 Å². The molecule has 1 heterocycles. The first kappa shape index (κ1) is 20.5. The van der Waals surface area contributed by atoms with E-state index in [2.05, 4.69) is 22.8 Å². The molecule has 1 saturated heterocycles. The minimum Gasteiger partial charge on any atom is -0.334 e. The molecule has 0 spiro atoms. The largest absolute Gasteiger partial charge is 0.334 e. The van der Waals surface area contributed by atoms with Crippen molar-refractivity contribution in [2.24, 2.45) is 23.7 Å². The van der Waals surface area contributed by atoms with Crippen LogP contribution in [0.1, 0.15) is 24.0 Å². The summed E-state index contributed by atoms with van der Waals surface area (Å²) in [5.74, 6) is -0.643. The van der Waals surface area contributed by atoms with Gasteiger partial charge in [0.25, 0.3) is 0 Å². The van der Waals surface area contributed by atoms with Gasteiger partial charge in [-0.25, -0.2) is 4.79 Å². The Balaban J connectivity index is 1.36. The number of likely N-dealkylation sites (tertiary alicyclic amines) is 1. The molecule has 5 atom stereocenters. The van der Waals surface area contributed by atoms with Crippen LogP contribution in [-0.2, 0) is 22.6 Å². The van der Waals surface area contributed by atoms with E-state index in [1.54, 1.807) is 0 Å². The van der Waals surface area contributed by atoms with Gasteiger partial charge in [-0.05, 0) is 35.8 Å². The fraction of sp³-hybridized carbons (Fsp3) is 0.346. The number of imide groups is 1. The highest BCUT2D eigenvalue weighted by Crippen LogP contribution is 2.49. The molecule has 0 aromatic heterocycles. The number of amides is 4. The Labute approximate surface area is 187 Å². The fourth-order valence-corrected chi connectivity index (χ4v) is 5.43. The lowest BCUT2D eigenvalue weighted by molar-refractivity contribution is -0.143. The molecule has 0 radical (unpaired) electrons. The Hall–Kier alpha value is -3.41. The monoisotopic (exact) mass is 429 g/mol. The number of hydrogen-bond donors (Lipinski definition) is 2. The van der Waals surface area contributed by atoms with E-state index in [0.717, 1.165) is 24.0 Å². The van der Waals surface area contributed by atoms with Crippen LogP contribution in [0.2, 0.25) is 0 Å². The first-order valence-electron chi connectivity index (χ1n) is 11.3. The fourth-order valence-electron chi connectivity index (χ4n) is 5.43. The summed E-state index contributed by atoms with van der Waals surface area (Å²) < 4.78 is 0. The van der Waals surface area contributed by atoms with E-state index < -0.39 is 12.2 Å². The number of fused-ring (bicyclic) bond motifs is 1. The Bertz CT molecular complexity index is 1000. The molecule has 5 unspecified atom stereocenters. The predicted octanol–water partition coefficient (Wildman–Crippen LogP) is 3.25. The van der Waals surface area contributed by atoms with Gasteiger partial charge in [0.05, 0.1) is 11.8 Å². The zero-order valence-corrected chi connectivity index (χ0v) is 17.8. The van der Waals surface area contributed by atoms with Gasteiger partial charge in [-0.2, -0.15) is 0 Å². The molecule has 4 amide bonds. The van der Waals surface area contributed by atoms with Crippen LogP contribution in [0.5, 0.6) is 0 Å². The topological polar surface area (TPSA) is 78.5 Å². The Morgan fingerprint density at radius 1 is 0.844 bits per heavy atom. The molecule has 6 rings (SSSR count). The van der Waals surface area contributed by atoms with Crippen LogP contribution in [0.3, 0.4) is 0 Å². The third-order valence-corrected chi connectivity index (χ3v) is 6.97. The van der Waals surface area contributed by atoms with Crippen molar-refractivity contribution in [2.45, 2.75) is 32.0 Å². The van der Waals surface area contributed by atoms with Crippen molar-refractivity contribution >= 4 is 17.8 Å². The highest BCUT2D eigenvalue weighted by molar-refractivity contribution is 6.06. The molecule has 3 aliphatic carbocycles. The molecule has 4 aliphatic rings. The number of benzene rings is 2. The number of allylic oxidation sites excluding steroid dienone is 2. The number of hydrogen-bond acceptors (Lipinski definition) is 3. The van der Waals surface area contributed by atoms with E-state index in [1.807, 2.05) is 60.7 Å². The van der Waals surface area contributed by atoms with Crippen molar-refractivity contribution in [3.8, 4) is 0 Å². The van der Waals surface area contributed by atoms with Gasteiger partial charge in [-0.15, -0.1) is 0 Å². The molecule has 2 aromatic rings. The summed E-state index contributed by atoms with van der Waals surface area (Å²) in [6.45, 7) is 0.367. The smallest absolute Gasteiger partial charge is 0.316 e. The van der Waals surface area contributed by atoms with Crippen LogP contribution in [-0.4, -0.2) is 28.9 Å². The minimum atomic E-state index is -0.724. The zero-order chi connectivity index (χ0) is 22.1. The van der Waals surface area contributed by atoms with E-state index in [4.69, 9.17) is 0 Å². The molecule has 32 heavy (non-hydrogen) atoms. The second-order valence-corrected chi connectivity index (χ2v) is 8.91. The standard InChI is InChI=1S/C26H27N3O3/c30-24-22-19-11-12-20(14-13-19)23(22)25(31)29(24)21(15-17-7-3-1-4-8-17)28-26(32)27-16-18-9-5-2-6-10-18/h1-12,19-23H,13-16H2,(H2,27,28,32). The Morgan fingerprint density at radius 3 is 1.91 bits per heavy atom. The van der Waals surface area contributed by atoms with Gasteiger partial charge in [0.2, 0.25) is 11.8 Å². The summed E-state index contributed by atoms with van der Waals surface area (Å²) in [6.07, 6.45) is 5.76. The number of nitrogens with zero attached hydrogens (tertiary/aromatic N) is 1. The van der Waals surface area contributed by atoms with Gasteiger partial charge in [0.15, 0.2) is 0 Å². The quantitative estimate of drug-likeness (QED) is 0.547. The third-order valence-electron chi connectivity index (χ3n) is 6.97. The summed E-state index contributed by atoms with van der Waals surface area (Å²) in [7, 11) is 0. The summed E-state index contributed by atoms with van der Waals surface area (Å²) in [4.78, 5) is 41.0. The van der Waals surface area contributed by atoms with Crippen LogP contribution in [0.4, 0.5) is 4.79 Å². The summed E-state index contributed by atoms with van der Waals surface area (Å²) in [5.41, 5.74) is 1.93. The highest BCUT2D eigenvalue weighted by atomic mass is 16.2. The van der Waals surface area contributed by atoms with Crippen LogP contribution in [0.15, 0.2) is 72.8 Å². The molecule has 1 aliphatic heterocycles. The molecule has 6 nitrogen and oxygen atoms in total. The molecule has 2 fully saturated rings. The maximum absolute atomic E-state index is 13.4. The van der Waals surface area contributed by atoms with Crippen molar-refractivity contribution in [1.82, 2.24) is 15.5 Å². The normalized spacial score (nSPS) is 26.7. The van der Waals surface area contributed by atoms with E-state index in [9.17, 15) is 14.4 Å². The predicted molar refractivity (Wildman–Crippen MR) is 120 cm³/mol. The van der Waals surface area contributed by atoms with Gasteiger partial charge in [-0.3, -0.25) is 14.5 Å². The molecule has 2 bridgehead atoms. The summed E-state index contributed by atoms with van der Waals surface area (Å²) in [5, 5.41) is 5.76. The van der Waals surface area contributed by atoms with Crippen molar-refractivity contribution in [2.75, 3.05) is 0 Å². The number of rotatable bonds is 6. The average molecular weight is 430 g/mol. The second-order valence-electron chi connectivity index (χ2n) is 8.91. The molecule has 2 N–H and O–H groups in total. The Morgan fingerprint density at radius 2 is 1.38 bits per heavy atom. The first-order valence-corrected chi connectivity index (χ1v) is 11.3. The van der Waals surface area contributed by atoms with Crippen LogP contribution in [0.25, 0.3) is 0 Å². The molecular weight excluding hydrogens is 402 g/mol. The summed E-state index contributed by atoms with van der Waals surface area (Å²) in [6, 6.07) is 18.9. The van der Waals surface area contributed by atoms with Gasteiger partial charge in [0, 0.05) is 13.0 Å². The number of carbonyl (C=O) groups excluding carboxylic acids is 3. The van der Waals surface area contributed by atoms with E-state index in [1.165, 1.54) is 4.90 Å². The lowest BCUT2D eigenvalue weighted by Gasteiger charge is -2.38. The average Bonchev–Trinajstić information content (AvgIpc) is 3.12. The highest BCUT2D eigenvalue weighted by Gasteiger charge is 2.58. The van der Waals surface area contributed by atoms with Gasteiger partial charge in [-0.1, -0.05) is 72.8 Å². The lowest BCUT2D eigenvalue weighted by Crippen LogP contribution is -2.54. The molecular formula is C26H27N3O3. The number of carbonyl (C=O) groups is 3. The van der Waals surface area contributed by atoms with E-state index in [0.29, 0.717) is 13.0 Å². The van der Waals surface area contributed by atoms with Crippen LogP contribution < -0.4 is 10.6 Å². The molecule has 164 valence electrons. The van der Waals surface area contributed by atoms with Crippen molar-refractivity contribution in [1.29, 1.82) is 0 Å². The van der Waals surface area contributed by atoms with Crippen molar-refractivity contribution < 1.29 is 14.4 Å². The maximum atomic E-state index is 13.4. The van der Waals surface area contributed by atoms with Gasteiger partial charge in [0.1, 0.15) is 6.17 Å². The second kappa shape index (κ2) is 8.61. The third kappa shape index (κ3) is 3.81. The Kier molecular flexibility index (Phi) is 5.52. The first-order chi connectivity index (χ1) is 15.6. The SMILES string of the molecule is O=C(NCc1ccccc1)NC(Cc1ccccc1)N1C(=O)C2C3C=CC(CC3)C2C1=O. The van der Waals surface area contributed by atoms with E-state index in [-0.39, 0.29) is 35.5 Å². The number of nitrogens with one attached hydrogen (secondary N) is 2. The van der Waals surface area contributed by atoms with Crippen molar-refractivity contribution in [3.63, 3.8) is 0 Å². The van der Waals surface area contributed by atoms with Gasteiger partial charge >= 0.3 is 6.03 Å². The molecule has 1 saturated carbocycles. The van der Waals surface area contributed by atoms with Crippen LogP contribution >= 0.6 is 0 Å². The maximum Gasteiger partial charge on any atom is 0.316 e. The zero-order valence-electron chi connectivity index (χ0n) is 17.8. The van der Waals surface area contributed by atoms with E-state index >= 15 is 0 Å². The number of urea groups is 1. The minimum absolute atomic E-state index is 0.121.